The molecule has 0 aromatic carbocycles. The standard InChI is InChI=1S/C9H12BrNO4/c10-6(9(14)15)2-1-5-11-7(12)3-4-8(11)13/h6H,1-5H2,(H,14,15)/t6-/m0/s1. The van der Waals surface area contributed by atoms with Crippen LogP contribution in [0.25, 0.3) is 0 Å². The van der Waals surface area contributed by atoms with Gasteiger partial charge in [0.15, 0.2) is 0 Å². The Morgan fingerprint density at radius 3 is 2.40 bits per heavy atom. The van der Waals surface area contributed by atoms with Crippen molar-refractivity contribution < 1.29 is 19.5 Å². The second-order valence-corrected chi connectivity index (χ2v) is 4.49. The number of hydrogen-bond acceptors (Lipinski definition) is 3. The zero-order valence-electron chi connectivity index (χ0n) is 8.11. The predicted octanol–water partition coefficient (Wildman–Crippen LogP) is 0.764. The smallest absolute Gasteiger partial charge is 0.317 e. The molecule has 0 aromatic heterocycles. The van der Waals surface area contributed by atoms with E-state index in [2.05, 4.69) is 15.9 Å². The molecular weight excluding hydrogens is 266 g/mol. The minimum absolute atomic E-state index is 0.151. The number of carboxylic acid groups (broad SMARTS) is 1. The third-order valence-corrected chi connectivity index (χ3v) is 3.11. The first-order valence-corrected chi connectivity index (χ1v) is 5.64. The number of aliphatic carboxylic acids is 1. The van der Waals surface area contributed by atoms with E-state index in [0.717, 1.165) is 0 Å². The molecule has 0 radical (unpaired) electrons. The largest absolute Gasteiger partial charge is 0.480 e. The molecule has 6 heteroatoms. The zero-order chi connectivity index (χ0) is 11.4. The van der Waals surface area contributed by atoms with E-state index in [0.29, 0.717) is 19.4 Å². The molecule has 0 saturated carbocycles. The molecule has 1 aliphatic heterocycles. The molecule has 2 amide bonds. The highest BCUT2D eigenvalue weighted by Gasteiger charge is 2.28. The molecule has 0 spiro atoms. The Hall–Kier alpha value is -0.910. The van der Waals surface area contributed by atoms with Crippen LogP contribution in [0.5, 0.6) is 0 Å². The Morgan fingerprint density at radius 2 is 1.93 bits per heavy atom. The summed E-state index contributed by atoms with van der Waals surface area (Å²) in [4.78, 5) is 33.4. The lowest BCUT2D eigenvalue weighted by Gasteiger charge is -2.13. The van der Waals surface area contributed by atoms with Crippen molar-refractivity contribution in [1.29, 1.82) is 0 Å². The van der Waals surface area contributed by atoms with Crippen molar-refractivity contribution in [2.45, 2.75) is 30.5 Å². The molecule has 5 nitrogen and oxygen atoms in total. The van der Waals surface area contributed by atoms with Gasteiger partial charge < -0.3 is 5.11 Å². The highest BCUT2D eigenvalue weighted by molar-refractivity contribution is 9.10. The number of rotatable bonds is 5. The molecule has 0 bridgehead atoms. The summed E-state index contributed by atoms with van der Waals surface area (Å²) in [6.07, 6.45) is 1.50. The van der Waals surface area contributed by atoms with Crippen LogP contribution in [0.2, 0.25) is 0 Å². The van der Waals surface area contributed by atoms with Crippen LogP contribution in [-0.2, 0) is 14.4 Å². The first-order chi connectivity index (χ1) is 7.02. The van der Waals surface area contributed by atoms with E-state index in [9.17, 15) is 14.4 Å². The van der Waals surface area contributed by atoms with Crippen LogP contribution in [0.15, 0.2) is 0 Å². The lowest BCUT2D eigenvalue weighted by molar-refractivity contribution is -0.138. The molecule has 1 fully saturated rings. The van der Waals surface area contributed by atoms with Crippen molar-refractivity contribution in [3.63, 3.8) is 0 Å². The number of nitrogens with zero attached hydrogens (tertiary/aromatic N) is 1. The Labute approximate surface area is 95.6 Å². The van der Waals surface area contributed by atoms with Gasteiger partial charge in [-0.3, -0.25) is 19.3 Å². The van der Waals surface area contributed by atoms with Crippen LogP contribution in [0.3, 0.4) is 0 Å². The first-order valence-electron chi connectivity index (χ1n) is 4.72. The molecule has 1 aliphatic rings. The van der Waals surface area contributed by atoms with Gasteiger partial charge in [0.05, 0.1) is 0 Å². The molecular formula is C9H12BrNO4. The Balaban J connectivity index is 2.28. The van der Waals surface area contributed by atoms with Crippen molar-refractivity contribution in [3.05, 3.63) is 0 Å². The van der Waals surface area contributed by atoms with E-state index in [4.69, 9.17) is 5.11 Å². The number of carbonyl (C=O) groups excluding carboxylic acids is 2. The van der Waals surface area contributed by atoms with Crippen LogP contribution < -0.4 is 0 Å². The highest BCUT2D eigenvalue weighted by atomic mass is 79.9. The third-order valence-electron chi connectivity index (χ3n) is 2.26. The summed E-state index contributed by atoms with van der Waals surface area (Å²) >= 11 is 2.99. The van der Waals surface area contributed by atoms with E-state index < -0.39 is 10.8 Å². The van der Waals surface area contributed by atoms with Gasteiger partial charge in [0, 0.05) is 19.4 Å². The summed E-state index contributed by atoms with van der Waals surface area (Å²) < 4.78 is 0. The average molecular weight is 278 g/mol. The minimum atomic E-state index is -0.922. The molecule has 1 rings (SSSR count). The second-order valence-electron chi connectivity index (χ2n) is 3.39. The topological polar surface area (TPSA) is 74.7 Å². The molecule has 1 heterocycles. The maximum atomic E-state index is 11.2. The zero-order valence-corrected chi connectivity index (χ0v) is 9.70. The summed E-state index contributed by atoms with van der Waals surface area (Å²) in [7, 11) is 0. The fourth-order valence-corrected chi connectivity index (χ4v) is 1.75. The van der Waals surface area contributed by atoms with E-state index in [1.807, 2.05) is 0 Å². The number of hydrogen-bond donors (Lipinski definition) is 1. The van der Waals surface area contributed by atoms with Crippen LogP contribution >= 0.6 is 15.9 Å². The monoisotopic (exact) mass is 277 g/mol. The Kier molecular flexibility index (Phi) is 4.26. The number of alkyl halides is 1. The van der Waals surface area contributed by atoms with Crippen molar-refractivity contribution >= 4 is 33.7 Å². The number of imide groups is 1. The summed E-state index contributed by atoms with van der Waals surface area (Å²) in [5.74, 6) is -1.23. The van der Waals surface area contributed by atoms with Gasteiger partial charge in [-0.05, 0) is 12.8 Å². The van der Waals surface area contributed by atoms with Gasteiger partial charge in [0.1, 0.15) is 4.83 Å². The van der Waals surface area contributed by atoms with Gasteiger partial charge in [-0.15, -0.1) is 0 Å². The Bertz CT molecular complexity index is 276. The van der Waals surface area contributed by atoms with Crippen LogP contribution in [0.1, 0.15) is 25.7 Å². The quantitative estimate of drug-likeness (QED) is 0.595. The number of likely N-dealkylation sites (tertiary alicyclic amines) is 1. The van der Waals surface area contributed by atoms with Gasteiger partial charge in [-0.25, -0.2) is 0 Å². The molecule has 15 heavy (non-hydrogen) atoms. The van der Waals surface area contributed by atoms with E-state index >= 15 is 0 Å². The lowest BCUT2D eigenvalue weighted by Crippen LogP contribution is -2.30. The molecule has 84 valence electrons. The summed E-state index contributed by atoms with van der Waals surface area (Å²) in [6, 6.07) is 0. The number of halogens is 1. The average Bonchev–Trinajstić information content (AvgIpc) is 2.48. The van der Waals surface area contributed by atoms with Crippen LogP contribution in [0.4, 0.5) is 0 Å². The summed E-state index contributed by atoms with van der Waals surface area (Å²) in [5, 5.41) is 8.58. The van der Waals surface area contributed by atoms with Crippen LogP contribution in [0, 0.1) is 0 Å². The third kappa shape index (κ3) is 3.30. The van der Waals surface area contributed by atoms with Crippen LogP contribution in [-0.4, -0.2) is 39.2 Å². The van der Waals surface area contributed by atoms with Crippen molar-refractivity contribution in [2.75, 3.05) is 6.54 Å². The molecule has 0 aromatic rings. The SMILES string of the molecule is O=C(O)[C@@H](Br)CCCN1C(=O)CCC1=O. The molecule has 1 saturated heterocycles. The number of carbonyl (C=O) groups is 3. The lowest BCUT2D eigenvalue weighted by atomic mass is 10.2. The Morgan fingerprint density at radius 1 is 1.40 bits per heavy atom. The highest BCUT2D eigenvalue weighted by Crippen LogP contribution is 2.14. The fourth-order valence-electron chi connectivity index (χ4n) is 1.42. The second kappa shape index (κ2) is 5.25. The number of amides is 2. The molecule has 1 N–H and O–H groups in total. The fraction of sp³-hybridized carbons (Fsp3) is 0.667. The summed E-state index contributed by atoms with van der Waals surface area (Å²) in [5.41, 5.74) is 0. The van der Waals surface area contributed by atoms with E-state index in [1.165, 1.54) is 4.90 Å². The van der Waals surface area contributed by atoms with Gasteiger partial charge in [-0.2, -0.15) is 0 Å². The first kappa shape index (κ1) is 12.2. The maximum absolute atomic E-state index is 11.2. The molecule has 0 aliphatic carbocycles. The normalized spacial score (nSPS) is 18.3. The maximum Gasteiger partial charge on any atom is 0.317 e. The number of carboxylic acids is 1. The predicted molar refractivity (Wildman–Crippen MR) is 55.5 cm³/mol. The van der Waals surface area contributed by atoms with Gasteiger partial charge in [0.2, 0.25) is 11.8 Å². The van der Waals surface area contributed by atoms with Gasteiger partial charge in [-0.1, -0.05) is 15.9 Å². The summed E-state index contributed by atoms with van der Waals surface area (Å²) in [6.45, 7) is 0.326. The minimum Gasteiger partial charge on any atom is -0.480 e. The van der Waals surface area contributed by atoms with Gasteiger partial charge in [0.25, 0.3) is 0 Å². The van der Waals surface area contributed by atoms with E-state index in [1.54, 1.807) is 0 Å². The van der Waals surface area contributed by atoms with Crippen molar-refractivity contribution in [1.82, 2.24) is 4.90 Å². The molecule has 1 atom stereocenters. The van der Waals surface area contributed by atoms with Crippen molar-refractivity contribution in [2.24, 2.45) is 0 Å². The molecule has 0 unspecified atom stereocenters. The van der Waals surface area contributed by atoms with Crippen molar-refractivity contribution in [3.8, 4) is 0 Å². The van der Waals surface area contributed by atoms with Gasteiger partial charge >= 0.3 is 5.97 Å². The van der Waals surface area contributed by atoms with E-state index in [-0.39, 0.29) is 24.7 Å².